The van der Waals surface area contributed by atoms with Gasteiger partial charge in [-0.05, 0) is 22.9 Å². The number of thiophene rings is 1. The van der Waals surface area contributed by atoms with E-state index in [9.17, 15) is 13.2 Å². The third-order valence-electron chi connectivity index (χ3n) is 3.59. The van der Waals surface area contributed by atoms with Crippen molar-refractivity contribution in [2.45, 2.75) is 4.21 Å². The molecule has 1 heterocycles. The Labute approximate surface area is 144 Å². The Hall–Kier alpha value is -2.22. The van der Waals surface area contributed by atoms with Crippen LogP contribution >= 0.6 is 11.3 Å². The van der Waals surface area contributed by atoms with Crippen molar-refractivity contribution in [2.75, 3.05) is 18.9 Å². The summed E-state index contributed by atoms with van der Waals surface area (Å²) in [5, 5.41) is 6.41. The SMILES string of the molecule is CN(CC(=O)Nc1cccc2ccccc12)S(=O)(=O)c1cccs1. The number of nitrogens with zero attached hydrogens (tertiary/aromatic N) is 1. The van der Waals surface area contributed by atoms with Crippen molar-refractivity contribution in [1.29, 1.82) is 0 Å². The number of carbonyl (C=O) groups is 1. The molecule has 0 atom stereocenters. The number of benzene rings is 2. The quantitative estimate of drug-likeness (QED) is 0.760. The highest BCUT2D eigenvalue weighted by molar-refractivity contribution is 7.91. The summed E-state index contributed by atoms with van der Waals surface area (Å²) in [6, 6.07) is 16.5. The lowest BCUT2D eigenvalue weighted by molar-refractivity contribution is -0.116. The van der Waals surface area contributed by atoms with Crippen molar-refractivity contribution in [1.82, 2.24) is 4.31 Å². The molecule has 7 heteroatoms. The molecule has 0 spiro atoms. The number of nitrogens with one attached hydrogen (secondary N) is 1. The number of carbonyl (C=O) groups excluding carboxylic acids is 1. The first-order valence-electron chi connectivity index (χ1n) is 7.26. The van der Waals surface area contributed by atoms with Gasteiger partial charge in [-0.25, -0.2) is 8.42 Å². The van der Waals surface area contributed by atoms with Crippen LogP contribution in [0.2, 0.25) is 0 Å². The van der Waals surface area contributed by atoms with E-state index in [0.29, 0.717) is 5.69 Å². The highest BCUT2D eigenvalue weighted by Gasteiger charge is 2.23. The first kappa shape index (κ1) is 16.6. The van der Waals surface area contributed by atoms with Crippen LogP contribution in [-0.2, 0) is 14.8 Å². The topological polar surface area (TPSA) is 66.5 Å². The van der Waals surface area contributed by atoms with E-state index < -0.39 is 10.0 Å². The molecule has 3 rings (SSSR count). The normalized spacial score (nSPS) is 11.8. The second-order valence-corrected chi connectivity index (χ2v) is 8.49. The second-order valence-electron chi connectivity index (χ2n) is 5.27. The van der Waals surface area contributed by atoms with Gasteiger partial charge >= 0.3 is 0 Å². The number of likely N-dealkylation sites (N-methyl/N-ethyl adjacent to an activating group) is 1. The Morgan fingerprint density at radius 2 is 1.83 bits per heavy atom. The highest BCUT2D eigenvalue weighted by atomic mass is 32.2. The van der Waals surface area contributed by atoms with E-state index in [2.05, 4.69) is 5.32 Å². The van der Waals surface area contributed by atoms with E-state index in [0.717, 1.165) is 26.4 Å². The molecular formula is C17H16N2O3S2. The Morgan fingerprint density at radius 3 is 2.58 bits per heavy atom. The molecular weight excluding hydrogens is 344 g/mol. The molecule has 5 nitrogen and oxygen atoms in total. The fraction of sp³-hybridized carbons (Fsp3) is 0.118. The largest absolute Gasteiger partial charge is 0.324 e. The number of anilines is 1. The predicted octanol–water partition coefficient (Wildman–Crippen LogP) is 3.16. The fourth-order valence-corrected chi connectivity index (χ4v) is 4.70. The van der Waals surface area contributed by atoms with Crippen molar-refractivity contribution < 1.29 is 13.2 Å². The molecule has 1 amide bonds. The summed E-state index contributed by atoms with van der Waals surface area (Å²) in [7, 11) is -2.23. The summed E-state index contributed by atoms with van der Waals surface area (Å²) in [6.45, 7) is -0.247. The summed E-state index contributed by atoms with van der Waals surface area (Å²) in [5.41, 5.74) is 0.667. The van der Waals surface area contributed by atoms with Crippen LogP contribution < -0.4 is 5.32 Å². The van der Waals surface area contributed by atoms with Crippen LogP contribution in [0, 0.1) is 0 Å². The molecule has 0 saturated carbocycles. The third-order valence-corrected chi connectivity index (χ3v) is 6.77. The minimum Gasteiger partial charge on any atom is -0.324 e. The van der Waals surface area contributed by atoms with E-state index in [-0.39, 0.29) is 16.7 Å². The molecule has 0 radical (unpaired) electrons. The lowest BCUT2D eigenvalue weighted by atomic mass is 10.1. The molecule has 0 bridgehead atoms. The molecule has 0 aliphatic carbocycles. The number of amides is 1. The van der Waals surface area contributed by atoms with Gasteiger partial charge in [-0.15, -0.1) is 11.3 Å². The fourth-order valence-electron chi connectivity index (χ4n) is 2.38. The number of hydrogen-bond donors (Lipinski definition) is 1. The molecule has 124 valence electrons. The zero-order valence-corrected chi connectivity index (χ0v) is 14.6. The Bertz CT molecular complexity index is 961. The van der Waals surface area contributed by atoms with E-state index in [1.165, 1.54) is 13.1 Å². The van der Waals surface area contributed by atoms with Crippen LogP contribution in [0.5, 0.6) is 0 Å². The zero-order chi connectivity index (χ0) is 17.2. The number of sulfonamides is 1. The van der Waals surface area contributed by atoms with Gasteiger partial charge in [0, 0.05) is 18.1 Å². The van der Waals surface area contributed by atoms with Gasteiger partial charge in [0.05, 0.1) is 6.54 Å². The van der Waals surface area contributed by atoms with Crippen molar-refractivity contribution in [2.24, 2.45) is 0 Å². The van der Waals surface area contributed by atoms with Crippen LogP contribution in [0.25, 0.3) is 10.8 Å². The van der Waals surface area contributed by atoms with Gasteiger partial charge in [0.1, 0.15) is 4.21 Å². The second kappa shape index (κ2) is 6.72. The number of fused-ring (bicyclic) bond motifs is 1. The molecule has 3 aromatic rings. The van der Waals surface area contributed by atoms with Gasteiger partial charge in [-0.2, -0.15) is 4.31 Å². The number of rotatable bonds is 5. The Kier molecular flexibility index (Phi) is 4.66. The van der Waals surface area contributed by atoms with Crippen LogP contribution in [0.4, 0.5) is 5.69 Å². The minimum atomic E-state index is -3.63. The summed E-state index contributed by atoms with van der Waals surface area (Å²) in [6.07, 6.45) is 0. The van der Waals surface area contributed by atoms with Crippen LogP contribution in [0.3, 0.4) is 0 Å². The third kappa shape index (κ3) is 3.33. The lowest BCUT2D eigenvalue weighted by Gasteiger charge is -2.16. The van der Waals surface area contributed by atoms with Crippen molar-refractivity contribution in [3.05, 3.63) is 60.0 Å². The van der Waals surface area contributed by atoms with Gasteiger partial charge in [0.15, 0.2) is 0 Å². The summed E-state index contributed by atoms with van der Waals surface area (Å²) in [4.78, 5) is 12.3. The molecule has 1 N–H and O–H groups in total. The van der Waals surface area contributed by atoms with Crippen molar-refractivity contribution >= 4 is 43.7 Å². The van der Waals surface area contributed by atoms with Gasteiger partial charge in [-0.1, -0.05) is 42.5 Å². The van der Waals surface area contributed by atoms with E-state index in [1.54, 1.807) is 17.5 Å². The zero-order valence-electron chi connectivity index (χ0n) is 13.0. The average molecular weight is 360 g/mol. The maximum Gasteiger partial charge on any atom is 0.252 e. The monoisotopic (exact) mass is 360 g/mol. The molecule has 0 unspecified atom stereocenters. The molecule has 0 saturated heterocycles. The van der Waals surface area contributed by atoms with Gasteiger partial charge in [0.25, 0.3) is 10.0 Å². The standard InChI is InChI=1S/C17H16N2O3S2/c1-19(24(21,22)17-10-5-11-23-17)12-16(20)18-15-9-4-7-13-6-2-3-8-14(13)15/h2-11H,12H2,1H3,(H,18,20). The smallest absolute Gasteiger partial charge is 0.252 e. The van der Waals surface area contributed by atoms with E-state index in [1.807, 2.05) is 36.4 Å². The molecule has 0 fully saturated rings. The molecule has 1 aromatic heterocycles. The predicted molar refractivity (Wildman–Crippen MR) is 96.7 cm³/mol. The maximum atomic E-state index is 12.3. The lowest BCUT2D eigenvalue weighted by Crippen LogP contribution is -2.34. The van der Waals surface area contributed by atoms with Crippen molar-refractivity contribution in [3.8, 4) is 0 Å². The molecule has 24 heavy (non-hydrogen) atoms. The Balaban J connectivity index is 1.76. The van der Waals surface area contributed by atoms with Crippen LogP contribution in [-0.4, -0.2) is 32.2 Å². The summed E-state index contributed by atoms with van der Waals surface area (Å²) in [5.74, 6) is -0.381. The summed E-state index contributed by atoms with van der Waals surface area (Å²) >= 11 is 1.13. The number of hydrogen-bond acceptors (Lipinski definition) is 4. The van der Waals surface area contributed by atoms with E-state index in [4.69, 9.17) is 0 Å². The minimum absolute atomic E-state index is 0.225. The first-order chi connectivity index (χ1) is 11.5. The highest BCUT2D eigenvalue weighted by Crippen LogP contribution is 2.23. The van der Waals surface area contributed by atoms with Gasteiger partial charge in [0.2, 0.25) is 5.91 Å². The molecule has 2 aromatic carbocycles. The van der Waals surface area contributed by atoms with Crippen LogP contribution in [0.15, 0.2) is 64.2 Å². The first-order valence-corrected chi connectivity index (χ1v) is 9.58. The maximum absolute atomic E-state index is 12.3. The van der Waals surface area contributed by atoms with Gasteiger partial charge in [-0.3, -0.25) is 4.79 Å². The Morgan fingerprint density at radius 1 is 1.08 bits per heavy atom. The summed E-state index contributed by atoms with van der Waals surface area (Å²) < 4.78 is 26.0. The average Bonchev–Trinajstić information content (AvgIpc) is 3.10. The van der Waals surface area contributed by atoms with Gasteiger partial charge < -0.3 is 5.32 Å². The molecule has 0 aliphatic rings. The molecule has 0 aliphatic heterocycles. The van der Waals surface area contributed by atoms with Crippen molar-refractivity contribution in [3.63, 3.8) is 0 Å². The van der Waals surface area contributed by atoms with Crippen LogP contribution in [0.1, 0.15) is 0 Å². The van der Waals surface area contributed by atoms with E-state index >= 15 is 0 Å².